The highest BCUT2D eigenvalue weighted by Gasteiger charge is 2.31. The van der Waals surface area contributed by atoms with E-state index in [4.69, 9.17) is 16.3 Å². The minimum Gasteiger partial charge on any atom is -0.449 e. The number of halogens is 1. The number of anilines is 1. The SMILES string of the molecule is CCCCOC(=O)N1CCN(c2nc(Cl)nc3c2CCN(Cc2ccccc2)C3C)CC1. The van der Waals surface area contributed by atoms with E-state index in [2.05, 4.69) is 57.9 Å². The lowest BCUT2D eigenvalue weighted by atomic mass is 9.98. The molecule has 0 radical (unpaired) electrons. The van der Waals surface area contributed by atoms with Crippen molar-refractivity contribution in [3.05, 3.63) is 52.4 Å². The Labute approximate surface area is 195 Å². The number of carbonyl (C=O) groups excluding carboxylic acids is 1. The summed E-state index contributed by atoms with van der Waals surface area (Å²) in [6, 6.07) is 10.7. The highest BCUT2D eigenvalue weighted by atomic mass is 35.5. The first-order chi connectivity index (χ1) is 15.6. The smallest absolute Gasteiger partial charge is 0.409 e. The second-order valence-corrected chi connectivity index (χ2v) is 8.84. The lowest BCUT2D eigenvalue weighted by molar-refractivity contribution is 0.0988. The van der Waals surface area contributed by atoms with Crippen LogP contribution in [0.25, 0.3) is 0 Å². The van der Waals surface area contributed by atoms with Crippen molar-refractivity contribution in [1.82, 2.24) is 19.8 Å². The van der Waals surface area contributed by atoms with E-state index in [1.807, 2.05) is 6.07 Å². The van der Waals surface area contributed by atoms with Crippen LogP contribution in [0.2, 0.25) is 5.28 Å². The zero-order valence-corrected chi connectivity index (χ0v) is 19.7. The summed E-state index contributed by atoms with van der Waals surface area (Å²) in [5, 5.41) is 0.286. The van der Waals surface area contributed by atoms with Crippen molar-refractivity contribution in [2.75, 3.05) is 44.2 Å². The fourth-order valence-electron chi connectivity index (χ4n) is 4.46. The van der Waals surface area contributed by atoms with E-state index in [1.54, 1.807) is 4.90 Å². The lowest BCUT2D eigenvalue weighted by Gasteiger charge is -2.39. The van der Waals surface area contributed by atoms with Gasteiger partial charge in [0, 0.05) is 44.8 Å². The summed E-state index contributed by atoms with van der Waals surface area (Å²) < 4.78 is 5.36. The molecule has 32 heavy (non-hydrogen) atoms. The molecule has 4 rings (SSSR count). The largest absolute Gasteiger partial charge is 0.449 e. The number of rotatable bonds is 6. The second-order valence-electron chi connectivity index (χ2n) is 8.50. The Hall–Kier alpha value is -2.38. The number of unbranched alkanes of at least 4 members (excludes halogenated alkanes) is 1. The van der Waals surface area contributed by atoms with E-state index in [1.165, 1.54) is 11.1 Å². The monoisotopic (exact) mass is 457 g/mol. The molecule has 1 atom stereocenters. The van der Waals surface area contributed by atoms with Crippen molar-refractivity contribution in [3.8, 4) is 0 Å². The number of piperazine rings is 1. The molecule has 2 aliphatic rings. The standard InChI is InChI=1S/C24H32ClN5O2/c1-3-4-16-32-24(31)29-14-12-28(13-15-29)22-20-10-11-30(17-19-8-6-5-7-9-19)18(2)21(20)26-23(25)27-22/h5-9,18H,3-4,10-17H2,1-2H3. The van der Waals surface area contributed by atoms with E-state index in [-0.39, 0.29) is 17.4 Å². The number of aromatic nitrogens is 2. The first kappa shape index (κ1) is 22.8. The first-order valence-corrected chi connectivity index (χ1v) is 12.0. The Bertz CT molecular complexity index is 918. The van der Waals surface area contributed by atoms with E-state index in [9.17, 15) is 4.79 Å². The van der Waals surface area contributed by atoms with Gasteiger partial charge in [-0.2, -0.15) is 0 Å². The number of hydrogen-bond acceptors (Lipinski definition) is 6. The van der Waals surface area contributed by atoms with Gasteiger partial charge in [-0.05, 0) is 36.9 Å². The van der Waals surface area contributed by atoms with Gasteiger partial charge < -0.3 is 14.5 Å². The van der Waals surface area contributed by atoms with E-state index >= 15 is 0 Å². The number of nitrogens with zero attached hydrogens (tertiary/aromatic N) is 5. The molecule has 2 aromatic rings. The van der Waals surface area contributed by atoms with Crippen molar-refractivity contribution < 1.29 is 9.53 Å². The van der Waals surface area contributed by atoms with Gasteiger partial charge >= 0.3 is 6.09 Å². The van der Waals surface area contributed by atoms with Gasteiger partial charge in [-0.25, -0.2) is 14.8 Å². The molecule has 0 bridgehead atoms. The van der Waals surface area contributed by atoms with Gasteiger partial charge in [-0.1, -0.05) is 43.7 Å². The van der Waals surface area contributed by atoms with Crippen LogP contribution in [-0.4, -0.2) is 65.2 Å². The molecule has 1 fully saturated rings. The van der Waals surface area contributed by atoms with Gasteiger partial charge in [0.2, 0.25) is 5.28 Å². The van der Waals surface area contributed by atoms with Crippen LogP contribution in [0.5, 0.6) is 0 Å². The Kier molecular flexibility index (Phi) is 7.48. The molecule has 1 amide bonds. The maximum atomic E-state index is 12.3. The van der Waals surface area contributed by atoms with Crippen LogP contribution in [0, 0.1) is 0 Å². The molecular weight excluding hydrogens is 426 g/mol. The summed E-state index contributed by atoms with van der Waals surface area (Å²) in [6.45, 7) is 9.27. The molecule has 172 valence electrons. The molecule has 3 heterocycles. The fourth-order valence-corrected chi connectivity index (χ4v) is 4.63. The Balaban J connectivity index is 1.45. The van der Waals surface area contributed by atoms with E-state index in [0.717, 1.165) is 43.9 Å². The highest BCUT2D eigenvalue weighted by molar-refractivity contribution is 6.28. The average Bonchev–Trinajstić information content (AvgIpc) is 2.81. The number of hydrogen-bond donors (Lipinski definition) is 0. The maximum Gasteiger partial charge on any atom is 0.409 e. The summed E-state index contributed by atoms with van der Waals surface area (Å²) in [6.07, 6.45) is 2.59. The molecule has 1 aromatic carbocycles. The topological polar surface area (TPSA) is 61.8 Å². The van der Waals surface area contributed by atoms with Crippen molar-refractivity contribution in [1.29, 1.82) is 0 Å². The number of fused-ring (bicyclic) bond motifs is 1. The number of carbonyl (C=O) groups is 1. The van der Waals surface area contributed by atoms with Crippen molar-refractivity contribution in [2.45, 2.75) is 45.7 Å². The van der Waals surface area contributed by atoms with Crippen LogP contribution in [0.4, 0.5) is 10.6 Å². The summed E-state index contributed by atoms with van der Waals surface area (Å²) in [7, 11) is 0. The quantitative estimate of drug-likeness (QED) is 0.476. The van der Waals surface area contributed by atoms with Crippen LogP contribution >= 0.6 is 11.6 Å². The summed E-state index contributed by atoms with van der Waals surface area (Å²) >= 11 is 6.37. The summed E-state index contributed by atoms with van der Waals surface area (Å²) in [5.41, 5.74) is 3.50. The van der Waals surface area contributed by atoms with E-state index in [0.29, 0.717) is 32.8 Å². The summed E-state index contributed by atoms with van der Waals surface area (Å²) in [5.74, 6) is 0.921. The lowest BCUT2D eigenvalue weighted by Crippen LogP contribution is -2.50. The van der Waals surface area contributed by atoms with Crippen molar-refractivity contribution >= 4 is 23.5 Å². The maximum absolute atomic E-state index is 12.3. The van der Waals surface area contributed by atoms with Crippen molar-refractivity contribution in [2.24, 2.45) is 0 Å². The highest BCUT2D eigenvalue weighted by Crippen LogP contribution is 2.35. The molecule has 7 nitrogen and oxygen atoms in total. The fraction of sp³-hybridized carbons (Fsp3) is 0.542. The third-order valence-electron chi connectivity index (χ3n) is 6.37. The molecule has 1 unspecified atom stereocenters. The predicted octanol–water partition coefficient (Wildman–Crippen LogP) is 4.31. The molecular formula is C24H32ClN5O2. The number of amides is 1. The third-order valence-corrected chi connectivity index (χ3v) is 6.54. The number of ether oxygens (including phenoxy) is 1. The second kappa shape index (κ2) is 10.5. The first-order valence-electron chi connectivity index (χ1n) is 11.6. The predicted molar refractivity (Wildman–Crippen MR) is 126 cm³/mol. The molecule has 8 heteroatoms. The molecule has 0 N–H and O–H groups in total. The molecule has 0 saturated carbocycles. The average molecular weight is 458 g/mol. The van der Waals surface area contributed by atoms with Gasteiger partial charge in [0.1, 0.15) is 5.82 Å². The Morgan fingerprint density at radius 2 is 1.88 bits per heavy atom. The van der Waals surface area contributed by atoms with E-state index < -0.39 is 0 Å². The van der Waals surface area contributed by atoms with Crippen LogP contribution < -0.4 is 4.90 Å². The van der Waals surface area contributed by atoms with Crippen LogP contribution in [0.15, 0.2) is 30.3 Å². The molecule has 2 aliphatic heterocycles. The van der Waals surface area contributed by atoms with Crippen LogP contribution in [0.1, 0.15) is 49.6 Å². The normalized spacial score (nSPS) is 19.0. The van der Waals surface area contributed by atoms with Crippen molar-refractivity contribution in [3.63, 3.8) is 0 Å². The van der Waals surface area contributed by atoms with Crippen LogP contribution in [0.3, 0.4) is 0 Å². The number of benzene rings is 1. The van der Waals surface area contributed by atoms with Gasteiger partial charge in [0.15, 0.2) is 0 Å². The zero-order valence-electron chi connectivity index (χ0n) is 19.0. The minimum atomic E-state index is -0.217. The van der Waals surface area contributed by atoms with Crippen LogP contribution in [-0.2, 0) is 17.7 Å². The Morgan fingerprint density at radius 3 is 2.59 bits per heavy atom. The van der Waals surface area contributed by atoms with Gasteiger partial charge in [-0.15, -0.1) is 0 Å². The zero-order chi connectivity index (χ0) is 22.5. The van der Waals surface area contributed by atoms with Gasteiger partial charge in [-0.3, -0.25) is 4.90 Å². The third kappa shape index (κ3) is 5.15. The molecule has 1 saturated heterocycles. The molecule has 0 spiro atoms. The summed E-state index contributed by atoms with van der Waals surface area (Å²) in [4.78, 5) is 28.0. The minimum absolute atomic E-state index is 0.160. The molecule has 0 aliphatic carbocycles. The Morgan fingerprint density at radius 1 is 1.12 bits per heavy atom. The molecule has 1 aromatic heterocycles. The van der Waals surface area contributed by atoms with Gasteiger partial charge in [0.05, 0.1) is 18.3 Å². The van der Waals surface area contributed by atoms with Gasteiger partial charge in [0.25, 0.3) is 0 Å².